The molecule has 2 N–H and O–H groups in total. The third-order valence-corrected chi connectivity index (χ3v) is 5.17. The number of benzene rings is 2. The second-order valence-electron chi connectivity index (χ2n) is 6.48. The van der Waals surface area contributed by atoms with Gasteiger partial charge in [0.1, 0.15) is 5.75 Å². The first-order valence-electron chi connectivity index (χ1n) is 8.07. The number of nitrogens with zero attached hydrogens (tertiary/aromatic N) is 1. The lowest BCUT2D eigenvalue weighted by atomic mass is 9.75. The molecule has 0 saturated carbocycles. The van der Waals surface area contributed by atoms with Gasteiger partial charge in [0.2, 0.25) is 0 Å². The minimum Gasteiger partial charge on any atom is -0.508 e. The van der Waals surface area contributed by atoms with Gasteiger partial charge in [-0.1, -0.05) is 36.4 Å². The Morgan fingerprint density at radius 2 is 2.04 bits per heavy atom. The number of allylic oxidation sites excluding steroid dienone is 2. The number of nitrogens with one attached hydrogen (secondary N) is 1. The standard InChI is InChI=1S/C19H18N2O3/c1-11-9-10-15(21(23)24)17-12-6-4-7-13(12)19(20-18(11)17)14-5-2-3-8-16(14)22/h2-6,8-10,12-13,19-20,22H,7H2,1H3. The minimum absolute atomic E-state index is 0.00819. The van der Waals surface area contributed by atoms with Crippen LogP contribution in [0.25, 0.3) is 0 Å². The largest absolute Gasteiger partial charge is 0.508 e. The van der Waals surface area contributed by atoms with Crippen LogP contribution in [-0.4, -0.2) is 10.0 Å². The number of rotatable bonds is 2. The first-order chi connectivity index (χ1) is 11.6. The lowest BCUT2D eigenvalue weighted by Gasteiger charge is -2.38. The van der Waals surface area contributed by atoms with Crippen molar-refractivity contribution in [2.24, 2.45) is 5.92 Å². The molecule has 2 aromatic carbocycles. The Labute approximate surface area is 139 Å². The van der Waals surface area contributed by atoms with Crippen molar-refractivity contribution in [2.45, 2.75) is 25.3 Å². The number of aryl methyl sites for hydroxylation is 1. The smallest absolute Gasteiger partial charge is 0.275 e. The molecule has 0 aromatic heterocycles. The number of aromatic hydroxyl groups is 1. The van der Waals surface area contributed by atoms with Gasteiger partial charge in [-0.3, -0.25) is 10.1 Å². The molecule has 0 radical (unpaired) electrons. The van der Waals surface area contributed by atoms with Crippen LogP contribution in [0.1, 0.15) is 35.1 Å². The second-order valence-corrected chi connectivity index (χ2v) is 6.48. The Bertz CT molecular complexity index is 860. The fourth-order valence-corrected chi connectivity index (χ4v) is 4.05. The van der Waals surface area contributed by atoms with Gasteiger partial charge in [-0.05, 0) is 30.9 Å². The van der Waals surface area contributed by atoms with Crippen LogP contribution in [0.3, 0.4) is 0 Å². The number of para-hydroxylation sites is 1. The zero-order valence-electron chi connectivity index (χ0n) is 13.3. The van der Waals surface area contributed by atoms with E-state index in [4.69, 9.17) is 0 Å². The predicted molar refractivity (Wildman–Crippen MR) is 92.3 cm³/mol. The van der Waals surface area contributed by atoms with Crippen LogP contribution in [0, 0.1) is 23.0 Å². The predicted octanol–water partition coefficient (Wildman–Crippen LogP) is 4.44. The Balaban J connectivity index is 1.90. The average molecular weight is 322 g/mol. The first kappa shape index (κ1) is 14.8. The van der Waals surface area contributed by atoms with Crippen LogP contribution in [0.15, 0.2) is 48.6 Å². The summed E-state index contributed by atoms with van der Waals surface area (Å²) in [4.78, 5) is 11.2. The Kier molecular flexibility index (Phi) is 3.30. The zero-order valence-corrected chi connectivity index (χ0v) is 13.3. The van der Waals surface area contributed by atoms with Crippen molar-refractivity contribution in [1.29, 1.82) is 0 Å². The summed E-state index contributed by atoms with van der Waals surface area (Å²) < 4.78 is 0. The van der Waals surface area contributed by atoms with Gasteiger partial charge in [0.25, 0.3) is 5.69 Å². The van der Waals surface area contributed by atoms with E-state index in [0.717, 1.165) is 28.8 Å². The lowest BCUT2D eigenvalue weighted by molar-refractivity contribution is -0.385. The van der Waals surface area contributed by atoms with Gasteiger partial charge in [-0.2, -0.15) is 0 Å². The number of anilines is 1. The van der Waals surface area contributed by atoms with E-state index < -0.39 is 0 Å². The summed E-state index contributed by atoms with van der Waals surface area (Å²) in [7, 11) is 0. The fourth-order valence-electron chi connectivity index (χ4n) is 4.05. The van der Waals surface area contributed by atoms with Crippen LogP contribution in [-0.2, 0) is 0 Å². The number of hydrogen-bond donors (Lipinski definition) is 2. The van der Waals surface area contributed by atoms with E-state index in [2.05, 4.69) is 17.5 Å². The van der Waals surface area contributed by atoms with E-state index >= 15 is 0 Å². The molecule has 1 aliphatic carbocycles. The molecule has 0 fully saturated rings. The monoisotopic (exact) mass is 322 g/mol. The molecule has 0 bridgehead atoms. The summed E-state index contributed by atoms with van der Waals surface area (Å²) >= 11 is 0. The number of fused-ring (bicyclic) bond motifs is 3. The van der Waals surface area contributed by atoms with Gasteiger partial charge in [0.15, 0.2) is 0 Å². The van der Waals surface area contributed by atoms with Crippen LogP contribution in [0.4, 0.5) is 11.4 Å². The highest BCUT2D eigenvalue weighted by Gasteiger charge is 2.42. The molecule has 4 rings (SSSR count). The second kappa shape index (κ2) is 5.37. The summed E-state index contributed by atoms with van der Waals surface area (Å²) in [5.41, 5.74) is 3.58. The highest BCUT2D eigenvalue weighted by molar-refractivity contribution is 5.70. The fraction of sp³-hybridized carbons (Fsp3) is 0.263. The van der Waals surface area contributed by atoms with Crippen molar-refractivity contribution in [3.05, 3.63) is 75.4 Å². The molecular formula is C19H18N2O3. The SMILES string of the molecule is Cc1ccc([N+](=O)[O-])c2c1NC(c1ccccc1O)C1CC=CC21. The highest BCUT2D eigenvalue weighted by atomic mass is 16.6. The summed E-state index contributed by atoms with van der Waals surface area (Å²) in [6.07, 6.45) is 5.00. The number of phenolic OH excluding ortho intramolecular Hbond substituents is 1. The molecule has 3 unspecified atom stereocenters. The maximum atomic E-state index is 11.5. The minimum atomic E-state index is -0.302. The third kappa shape index (κ3) is 2.08. The van der Waals surface area contributed by atoms with Gasteiger partial charge in [-0.15, -0.1) is 0 Å². The lowest BCUT2D eigenvalue weighted by Crippen LogP contribution is -2.30. The number of hydrogen-bond acceptors (Lipinski definition) is 4. The van der Waals surface area contributed by atoms with Crippen molar-refractivity contribution in [2.75, 3.05) is 5.32 Å². The van der Waals surface area contributed by atoms with Gasteiger partial charge in [0.05, 0.1) is 16.5 Å². The number of nitro benzene ring substituents is 1. The molecule has 2 aromatic rings. The van der Waals surface area contributed by atoms with Gasteiger partial charge < -0.3 is 10.4 Å². The van der Waals surface area contributed by atoms with Crippen molar-refractivity contribution < 1.29 is 10.0 Å². The normalized spacial score (nSPS) is 24.1. The first-order valence-corrected chi connectivity index (χ1v) is 8.07. The van der Waals surface area contributed by atoms with Gasteiger partial charge >= 0.3 is 0 Å². The van der Waals surface area contributed by atoms with E-state index in [1.807, 2.05) is 19.1 Å². The number of nitro groups is 1. The third-order valence-electron chi connectivity index (χ3n) is 5.17. The van der Waals surface area contributed by atoms with E-state index in [1.165, 1.54) is 0 Å². The summed E-state index contributed by atoms with van der Waals surface area (Å²) in [5.74, 6) is 0.407. The molecule has 5 nitrogen and oxygen atoms in total. The average Bonchev–Trinajstić information content (AvgIpc) is 3.05. The van der Waals surface area contributed by atoms with Crippen LogP contribution < -0.4 is 5.32 Å². The Hall–Kier alpha value is -2.82. The Morgan fingerprint density at radius 1 is 1.25 bits per heavy atom. The maximum Gasteiger partial charge on any atom is 0.275 e. The van der Waals surface area contributed by atoms with Crippen LogP contribution >= 0.6 is 0 Å². The van der Waals surface area contributed by atoms with Crippen molar-refractivity contribution in [3.63, 3.8) is 0 Å². The van der Waals surface area contributed by atoms with Gasteiger partial charge in [-0.25, -0.2) is 0 Å². The summed E-state index contributed by atoms with van der Waals surface area (Å²) in [6.45, 7) is 1.95. The van der Waals surface area contributed by atoms with E-state index in [-0.39, 0.29) is 34.2 Å². The summed E-state index contributed by atoms with van der Waals surface area (Å²) in [5, 5.41) is 25.3. The van der Waals surface area contributed by atoms with E-state index in [0.29, 0.717) is 0 Å². The highest BCUT2D eigenvalue weighted by Crippen LogP contribution is 2.54. The molecular weight excluding hydrogens is 304 g/mol. The topological polar surface area (TPSA) is 75.4 Å². The number of phenols is 1. The molecule has 2 aliphatic rings. The molecule has 0 amide bonds. The van der Waals surface area contributed by atoms with Crippen molar-refractivity contribution in [3.8, 4) is 5.75 Å². The molecule has 122 valence electrons. The van der Waals surface area contributed by atoms with Crippen molar-refractivity contribution in [1.82, 2.24) is 0 Å². The maximum absolute atomic E-state index is 11.5. The van der Waals surface area contributed by atoms with E-state index in [9.17, 15) is 15.2 Å². The molecule has 5 heteroatoms. The van der Waals surface area contributed by atoms with Crippen LogP contribution in [0.5, 0.6) is 5.75 Å². The zero-order chi connectivity index (χ0) is 16.8. The molecule has 0 spiro atoms. The Morgan fingerprint density at radius 3 is 2.79 bits per heavy atom. The van der Waals surface area contributed by atoms with Crippen molar-refractivity contribution >= 4 is 11.4 Å². The quantitative estimate of drug-likeness (QED) is 0.487. The van der Waals surface area contributed by atoms with Gasteiger partial charge in [0, 0.05) is 23.2 Å². The molecule has 1 heterocycles. The van der Waals surface area contributed by atoms with E-state index in [1.54, 1.807) is 24.3 Å². The molecule has 3 atom stereocenters. The van der Waals surface area contributed by atoms with Crippen LogP contribution in [0.2, 0.25) is 0 Å². The molecule has 0 saturated heterocycles. The molecule has 1 aliphatic heterocycles. The molecule has 24 heavy (non-hydrogen) atoms. The summed E-state index contributed by atoms with van der Waals surface area (Å²) in [6, 6.07) is 10.6.